The second-order valence-corrected chi connectivity index (χ2v) is 18.0. The van der Waals surface area contributed by atoms with Crippen molar-refractivity contribution in [3.05, 3.63) is 163 Å². The number of azo groups is 1. The molecule has 0 unspecified atom stereocenters. The predicted molar refractivity (Wildman–Crippen MR) is 259 cm³/mol. The highest BCUT2D eigenvalue weighted by molar-refractivity contribution is 7.22. The molecule has 3 N–H and O–H groups in total. The number of aromatic nitrogens is 3. The number of hydrogen-bond donors (Lipinski definition) is 3. The number of halogens is 2. The molecule has 0 aliphatic carbocycles. The standard InChI is InChI=1S/C48H40Cl2N10S2/c1-25-17-27(3)42(28(4)18-25)56-46-43(58-59-45(35(24-51)41(52)32-11-9-8-10-12-32)57-47-53-36-22-33(49)13-15-38(36)61-47)29(5)21-40(55-46)60(44-30(6)19-26(2)20-31(44)7)48-54-37-23-34(50)14-16-39(37)62-48/h8-23,52H,1-7H3,(H,53,57)(H,55,56)/b45-35+,52-41?,59-58?. The van der Waals surface area contributed by atoms with E-state index < -0.39 is 0 Å². The molecule has 0 amide bonds. The van der Waals surface area contributed by atoms with E-state index in [1.807, 2.05) is 55.5 Å². The lowest BCUT2D eigenvalue weighted by molar-refractivity contribution is 1.08. The largest absolute Gasteiger partial charge is 0.338 e. The summed E-state index contributed by atoms with van der Waals surface area (Å²) in [4.78, 5) is 17.3. The fraction of sp³-hybridized carbons (Fsp3) is 0.146. The van der Waals surface area contributed by atoms with Crippen LogP contribution in [0.15, 0.2) is 119 Å². The molecule has 10 nitrogen and oxygen atoms in total. The summed E-state index contributed by atoms with van der Waals surface area (Å²) in [5, 5.41) is 38.6. The quantitative estimate of drug-likeness (QED) is 0.0667. The number of hydrogen-bond acceptors (Lipinski definition) is 12. The molecule has 308 valence electrons. The van der Waals surface area contributed by atoms with E-state index in [4.69, 9.17) is 53.8 Å². The smallest absolute Gasteiger partial charge is 0.196 e. The van der Waals surface area contributed by atoms with Gasteiger partial charge in [-0.3, -0.25) is 10.3 Å². The van der Waals surface area contributed by atoms with E-state index in [2.05, 4.69) is 87.4 Å². The van der Waals surface area contributed by atoms with Gasteiger partial charge in [-0.2, -0.15) is 5.26 Å². The van der Waals surface area contributed by atoms with Gasteiger partial charge in [-0.1, -0.05) is 112 Å². The second-order valence-electron chi connectivity index (χ2n) is 15.1. The Bertz CT molecular complexity index is 3130. The summed E-state index contributed by atoms with van der Waals surface area (Å²) in [5.41, 5.74) is 11.4. The molecular formula is C48H40Cl2N10S2. The van der Waals surface area contributed by atoms with E-state index in [1.54, 1.807) is 35.6 Å². The van der Waals surface area contributed by atoms with Crippen molar-refractivity contribution < 1.29 is 0 Å². The van der Waals surface area contributed by atoms with Crippen LogP contribution >= 0.6 is 45.9 Å². The molecule has 3 aromatic heterocycles. The van der Waals surface area contributed by atoms with E-state index in [0.29, 0.717) is 43.6 Å². The number of thiazole rings is 2. The first kappa shape index (κ1) is 42.2. The minimum Gasteiger partial charge on any atom is -0.338 e. The van der Waals surface area contributed by atoms with Crippen molar-refractivity contribution in [1.82, 2.24) is 15.0 Å². The van der Waals surface area contributed by atoms with Crippen molar-refractivity contribution in [2.75, 3.05) is 15.5 Å². The summed E-state index contributed by atoms with van der Waals surface area (Å²) in [7, 11) is 0. The van der Waals surface area contributed by atoms with Crippen molar-refractivity contribution in [2.45, 2.75) is 48.5 Å². The molecule has 8 rings (SSSR count). The summed E-state index contributed by atoms with van der Waals surface area (Å²) >= 11 is 15.7. The zero-order chi connectivity index (χ0) is 43.8. The van der Waals surface area contributed by atoms with Crippen LogP contribution in [-0.2, 0) is 0 Å². The third-order valence-corrected chi connectivity index (χ3v) is 12.6. The van der Waals surface area contributed by atoms with Crippen molar-refractivity contribution in [3.63, 3.8) is 0 Å². The SMILES string of the molecule is Cc1cc(C)c(Nc2nc(N(c3nc4cc(Cl)ccc4s3)c3c(C)cc(C)cc3C)cc(C)c2N=N/C(Nc2nc3cc(Cl)ccc3s2)=C(\C#N)C(=N)c2ccccc2)c(C)c1. The first-order chi connectivity index (χ1) is 29.8. The topological polar surface area (TPSA) is 138 Å². The Balaban J connectivity index is 1.34. The fourth-order valence-corrected chi connectivity index (χ4v) is 9.70. The van der Waals surface area contributed by atoms with Gasteiger partial charge in [0, 0.05) is 21.3 Å². The first-order valence-electron chi connectivity index (χ1n) is 19.6. The van der Waals surface area contributed by atoms with Crippen LogP contribution in [0.25, 0.3) is 20.4 Å². The van der Waals surface area contributed by atoms with Crippen LogP contribution < -0.4 is 15.5 Å². The summed E-state index contributed by atoms with van der Waals surface area (Å²) in [6.45, 7) is 14.4. The molecular weight excluding hydrogens is 852 g/mol. The molecule has 0 radical (unpaired) electrons. The third-order valence-electron chi connectivity index (χ3n) is 10.2. The number of nitriles is 1. The Labute approximate surface area is 377 Å². The number of nitrogens with zero attached hydrogens (tertiary/aromatic N) is 7. The number of rotatable bonds is 11. The van der Waals surface area contributed by atoms with Crippen molar-refractivity contribution in [2.24, 2.45) is 10.2 Å². The Morgan fingerprint density at radius 2 is 1.31 bits per heavy atom. The van der Waals surface area contributed by atoms with Gasteiger partial charge in [0.05, 0.1) is 31.8 Å². The Kier molecular flexibility index (Phi) is 11.9. The maximum absolute atomic E-state index is 10.6. The number of allylic oxidation sites excluding steroid dienone is 1. The van der Waals surface area contributed by atoms with Crippen molar-refractivity contribution in [1.29, 1.82) is 10.7 Å². The van der Waals surface area contributed by atoms with E-state index in [1.165, 1.54) is 11.3 Å². The highest BCUT2D eigenvalue weighted by Gasteiger charge is 2.25. The Morgan fingerprint density at radius 3 is 1.94 bits per heavy atom. The molecule has 62 heavy (non-hydrogen) atoms. The van der Waals surface area contributed by atoms with E-state index in [-0.39, 0.29) is 17.1 Å². The van der Waals surface area contributed by atoms with Gasteiger partial charge in [-0.15, -0.1) is 10.2 Å². The lowest BCUT2D eigenvalue weighted by Crippen LogP contribution is -2.15. The average Bonchev–Trinajstić information content (AvgIpc) is 3.83. The number of benzene rings is 5. The van der Waals surface area contributed by atoms with E-state index >= 15 is 0 Å². The summed E-state index contributed by atoms with van der Waals surface area (Å²) in [6.07, 6.45) is 0. The molecule has 14 heteroatoms. The first-order valence-corrected chi connectivity index (χ1v) is 22.0. The molecule has 0 saturated carbocycles. The van der Waals surface area contributed by atoms with Crippen LogP contribution in [0.3, 0.4) is 0 Å². The minimum atomic E-state index is -0.0234. The second kappa shape index (κ2) is 17.5. The van der Waals surface area contributed by atoms with E-state index in [0.717, 1.165) is 70.4 Å². The van der Waals surface area contributed by atoms with Gasteiger partial charge in [-0.25, -0.2) is 15.0 Å². The molecule has 3 heterocycles. The zero-order valence-electron chi connectivity index (χ0n) is 34.9. The summed E-state index contributed by atoms with van der Waals surface area (Å²) < 4.78 is 1.87. The molecule has 0 atom stereocenters. The van der Waals surface area contributed by atoms with E-state index in [9.17, 15) is 5.26 Å². The van der Waals surface area contributed by atoms with Crippen molar-refractivity contribution in [3.8, 4) is 6.07 Å². The molecule has 0 spiro atoms. The van der Waals surface area contributed by atoms with Gasteiger partial charge in [0.15, 0.2) is 21.9 Å². The van der Waals surface area contributed by atoms with Gasteiger partial charge in [-0.05, 0) is 119 Å². The molecule has 5 aromatic carbocycles. The highest BCUT2D eigenvalue weighted by Crippen LogP contribution is 2.45. The molecule has 0 aliphatic rings. The predicted octanol–water partition coefficient (Wildman–Crippen LogP) is 15.0. The number of nitrogens with one attached hydrogen (secondary N) is 3. The number of anilines is 6. The van der Waals surface area contributed by atoms with Gasteiger partial charge in [0.2, 0.25) is 0 Å². The van der Waals surface area contributed by atoms with Crippen LogP contribution in [0, 0.1) is 65.2 Å². The minimum absolute atomic E-state index is 0.0216. The maximum atomic E-state index is 10.6. The zero-order valence-corrected chi connectivity index (χ0v) is 38.1. The van der Waals surface area contributed by atoms with Crippen LogP contribution in [0.4, 0.5) is 39.0 Å². The number of pyridine rings is 1. The van der Waals surface area contributed by atoms with Gasteiger partial charge >= 0.3 is 0 Å². The average molecular weight is 892 g/mol. The fourth-order valence-electron chi connectivity index (χ4n) is 7.56. The lowest BCUT2D eigenvalue weighted by Gasteiger charge is -2.27. The highest BCUT2D eigenvalue weighted by atomic mass is 35.5. The van der Waals surface area contributed by atoms with Crippen LogP contribution in [0.2, 0.25) is 10.0 Å². The van der Waals surface area contributed by atoms with Gasteiger partial charge < -0.3 is 10.6 Å². The van der Waals surface area contributed by atoms with Crippen LogP contribution in [-0.4, -0.2) is 20.7 Å². The normalized spacial score (nSPS) is 11.9. The number of aryl methyl sites for hydroxylation is 7. The maximum Gasteiger partial charge on any atom is 0.196 e. The summed E-state index contributed by atoms with van der Waals surface area (Å²) in [5.74, 6) is 1.09. The molecule has 0 bridgehead atoms. The number of fused-ring (bicyclic) bond motifs is 2. The monoisotopic (exact) mass is 890 g/mol. The van der Waals surface area contributed by atoms with Crippen LogP contribution in [0.1, 0.15) is 44.5 Å². The van der Waals surface area contributed by atoms with Crippen LogP contribution in [0.5, 0.6) is 0 Å². The Morgan fingerprint density at radius 1 is 0.710 bits per heavy atom. The third kappa shape index (κ3) is 8.66. The molecule has 0 saturated heterocycles. The summed E-state index contributed by atoms with van der Waals surface area (Å²) in [6, 6.07) is 33.0. The lowest BCUT2D eigenvalue weighted by atomic mass is 10.0. The molecule has 8 aromatic rings. The Hall–Kier alpha value is -6.49. The molecule has 0 aliphatic heterocycles. The van der Waals surface area contributed by atoms with Gasteiger partial charge in [0.25, 0.3) is 0 Å². The molecule has 0 fully saturated rings. The van der Waals surface area contributed by atoms with Gasteiger partial charge in [0.1, 0.15) is 23.1 Å². The van der Waals surface area contributed by atoms with Crippen molar-refractivity contribution >= 4 is 111 Å².